The Hall–Kier alpha value is -0.800. The van der Waals surface area contributed by atoms with E-state index in [2.05, 4.69) is 0 Å². The number of thiophene rings is 1. The zero-order valence-electron chi connectivity index (χ0n) is 5.84. The van der Waals surface area contributed by atoms with Gasteiger partial charge in [0, 0.05) is 0 Å². The Labute approximate surface area is 77.0 Å². The fourth-order valence-electron chi connectivity index (χ4n) is 1.03. The fourth-order valence-corrected chi connectivity index (χ4v) is 2.04. The van der Waals surface area contributed by atoms with Gasteiger partial charge in [0.1, 0.15) is 0 Å². The summed E-state index contributed by atoms with van der Waals surface area (Å²) in [7, 11) is 0. The van der Waals surface area contributed by atoms with E-state index in [1.807, 2.05) is 0 Å². The Bertz CT molecular complexity index is 438. The normalized spacial score (nSPS) is 10.8. The Morgan fingerprint density at radius 1 is 1.50 bits per heavy atom. The number of rotatable bonds is 0. The Kier molecular flexibility index (Phi) is 1.70. The minimum atomic E-state index is -0.632. The zero-order valence-corrected chi connectivity index (χ0v) is 7.42. The van der Waals surface area contributed by atoms with E-state index < -0.39 is 11.6 Å². The van der Waals surface area contributed by atoms with Crippen LogP contribution in [0.25, 0.3) is 10.1 Å². The molecule has 2 aromatic rings. The number of fused-ring (bicyclic) bond motifs is 1. The van der Waals surface area contributed by atoms with Crippen LogP contribution in [0.15, 0.2) is 17.5 Å². The first kappa shape index (κ1) is 7.83. The molecule has 12 heavy (non-hydrogen) atoms. The minimum absolute atomic E-state index is 0.0541. The van der Waals surface area contributed by atoms with E-state index in [1.54, 1.807) is 17.5 Å². The predicted octanol–water partition coefficient (Wildman–Crippen LogP) is 3.40. The van der Waals surface area contributed by atoms with Gasteiger partial charge in [0.25, 0.3) is 0 Å². The fraction of sp³-hybridized carbons (Fsp3) is 0. The predicted molar refractivity (Wildman–Crippen MR) is 48.5 cm³/mol. The van der Waals surface area contributed by atoms with Crippen molar-refractivity contribution < 1.29 is 9.50 Å². The zero-order chi connectivity index (χ0) is 8.72. The lowest BCUT2D eigenvalue weighted by Gasteiger charge is -1.98. The molecule has 1 aromatic carbocycles. The first-order valence-electron chi connectivity index (χ1n) is 3.24. The van der Waals surface area contributed by atoms with E-state index in [0.717, 1.165) is 5.39 Å². The molecular weight excluding hydrogens is 199 g/mol. The molecule has 0 spiro atoms. The van der Waals surface area contributed by atoms with Crippen LogP contribution in [0.5, 0.6) is 5.75 Å². The van der Waals surface area contributed by atoms with Crippen molar-refractivity contribution in [3.63, 3.8) is 0 Å². The third kappa shape index (κ3) is 0.974. The summed E-state index contributed by atoms with van der Waals surface area (Å²) in [4.78, 5) is 0. The lowest BCUT2D eigenvalue weighted by atomic mass is 10.2. The van der Waals surface area contributed by atoms with Gasteiger partial charge in [-0.15, -0.1) is 11.3 Å². The average molecular weight is 203 g/mol. The van der Waals surface area contributed by atoms with Crippen LogP contribution in [0, 0.1) is 5.82 Å². The largest absolute Gasteiger partial charge is 0.504 e. The molecule has 0 fully saturated rings. The maximum Gasteiger partial charge on any atom is 0.184 e. The highest BCUT2D eigenvalue weighted by atomic mass is 35.5. The van der Waals surface area contributed by atoms with Gasteiger partial charge in [-0.25, -0.2) is 4.39 Å². The number of phenolic OH excluding ortho intramolecular Hbond substituents is 1. The Morgan fingerprint density at radius 2 is 2.25 bits per heavy atom. The topological polar surface area (TPSA) is 20.2 Å². The lowest BCUT2D eigenvalue weighted by molar-refractivity contribution is 0.437. The van der Waals surface area contributed by atoms with Crippen LogP contribution >= 0.6 is 22.9 Å². The van der Waals surface area contributed by atoms with Crippen molar-refractivity contribution in [3.05, 3.63) is 28.4 Å². The van der Waals surface area contributed by atoms with Crippen LogP contribution in [0.4, 0.5) is 4.39 Å². The van der Waals surface area contributed by atoms with Gasteiger partial charge in [0.2, 0.25) is 0 Å². The quantitative estimate of drug-likeness (QED) is 0.694. The number of aromatic hydroxyl groups is 1. The molecule has 1 nitrogen and oxygen atoms in total. The standard InChI is InChI=1S/C8H4ClFOS/c9-5-3-4-1-2-12-8(4)6(10)7(5)11/h1-3,11H. The van der Waals surface area contributed by atoms with Gasteiger partial charge in [0.15, 0.2) is 11.6 Å². The SMILES string of the molecule is Oc1c(Cl)cc2ccsc2c1F. The van der Waals surface area contributed by atoms with Gasteiger partial charge in [-0.2, -0.15) is 0 Å². The molecule has 1 N–H and O–H groups in total. The maximum atomic E-state index is 13.2. The van der Waals surface area contributed by atoms with E-state index in [-0.39, 0.29) is 5.02 Å². The van der Waals surface area contributed by atoms with Gasteiger partial charge in [0.05, 0.1) is 9.72 Å². The molecule has 0 saturated heterocycles. The summed E-state index contributed by atoms with van der Waals surface area (Å²) >= 11 is 6.81. The van der Waals surface area contributed by atoms with Gasteiger partial charge in [-0.3, -0.25) is 0 Å². The van der Waals surface area contributed by atoms with E-state index in [9.17, 15) is 4.39 Å². The summed E-state index contributed by atoms with van der Waals surface area (Å²) < 4.78 is 13.6. The second-order valence-electron chi connectivity index (χ2n) is 2.36. The molecule has 2 rings (SSSR count). The number of hydrogen-bond donors (Lipinski definition) is 1. The second kappa shape index (κ2) is 2.61. The van der Waals surface area contributed by atoms with E-state index in [1.165, 1.54) is 11.3 Å². The second-order valence-corrected chi connectivity index (χ2v) is 3.68. The Balaban J connectivity index is 2.94. The molecule has 0 radical (unpaired) electrons. The number of hydrogen-bond acceptors (Lipinski definition) is 2. The summed E-state index contributed by atoms with van der Waals surface area (Å²) in [5, 5.41) is 11.7. The van der Waals surface area contributed by atoms with Crippen LogP contribution < -0.4 is 0 Å². The van der Waals surface area contributed by atoms with Crippen LogP contribution in [-0.2, 0) is 0 Å². The summed E-state index contributed by atoms with van der Waals surface area (Å²) in [6, 6.07) is 3.31. The van der Waals surface area contributed by atoms with Crippen molar-refractivity contribution in [2.24, 2.45) is 0 Å². The highest BCUT2D eigenvalue weighted by Crippen LogP contribution is 2.35. The van der Waals surface area contributed by atoms with Crippen molar-refractivity contribution in [2.75, 3.05) is 0 Å². The molecule has 4 heteroatoms. The summed E-state index contributed by atoms with van der Waals surface area (Å²) in [6.07, 6.45) is 0. The van der Waals surface area contributed by atoms with E-state index >= 15 is 0 Å². The van der Waals surface area contributed by atoms with Crippen molar-refractivity contribution in [1.82, 2.24) is 0 Å². The minimum Gasteiger partial charge on any atom is -0.504 e. The van der Waals surface area contributed by atoms with Crippen LogP contribution in [-0.4, -0.2) is 5.11 Å². The van der Waals surface area contributed by atoms with E-state index in [0.29, 0.717) is 4.70 Å². The molecule has 0 saturated carbocycles. The van der Waals surface area contributed by atoms with Crippen molar-refractivity contribution in [3.8, 4) is 5.75 Å². The van der Waals surface area contributed by atoms with Crippen LogP contribution in [0.2, 0.25) is 5.02 Å². The first-order valence-corrected chi connectivity index (χ1v) is 4.50. The van der Waals surface area contributed by atoms with Gasteiger partial charge >= 0.3 is 0 Å². The monoisotopic (exact) mass is 202 g/mol. The third-order valence-electron chi connectivity index (χ3n) is 1.61. The lowest BCUT2D eigenvalue weighted by Crippen LogP contribution is -1.77. The van der Waals surface area contributed by atoms with E-state index in [4.69, 9.17) is 16.7 Å². The summed E-state index contributed by atoms with van der Waals surface area (Å²) in [5.41, 5.74) is 0. The molecule has 0 amide bonds. The highest BCUT2D eigenvalue weighted by Gasteiger charge is 2.11. The molecule has 0 aliphatic carbocycles. The van der Waals surface area contributed by atoms with Crippen LogP contribution in [0.3, 0.4) is 0 Å². The highest BCUT2D eigenvalue weighted by molar-refractivity contribution is 7.17. The van der Waals surface area contributed by atoms with Crippen LogP contribution in [0.1, 0.15) is 0 Å². The molecular formula is C8H4ClFOS. The summed E-state index contributed by atoms with van der Waals surface area (Å²) in [5.74, 6) is -1.10. The van der Waals surface area contributed by atoms with Gasteiger partial charge < -0.3 is 5.11 Å². The average Bonchev–Trinajstić information content (AvgIpc) is 2.48. The molecule has 62 valence electrons. The molecule has 0 aliphatic heterocycles. The summed E-state index contributed by atoms with van der Waals surface area (Å²) in [6.45, 7) is 0. The molecule has 0 aliphatic rings. The van der Waals surface area contributed by atoms with Crippen molar-refractivity contribution in [1.29, 1.82) is 0 Å². The molecule has 0 bridgehead atoms. The molecule has 1 heterocycles. The Morgan fingerprint density at radius 3 is 3.00 bits per heavy atom. The van der Waals surface area contributed by atoms with Crippen molar-refractivity contribution >= 4 is 33.0 Å². The number of halogens is 2. The molecule has 0 atom stereocenters. The maximum absolute atomic E-state index is 13.2. The first-order chi connectivity index (χ1) is 5.70. The van der Waals surface area contributed by atoms with Gasteiger partial charge in [-0.1, -0.05) is 11.6 Å². The number of phenols is 1. The van der Waals surface area contributed by atoms with Gasteiger partial charge in [-0.05, 0) is 22.9 Å². The molecule has 0 unspecified atom stereocenters. The van der Waals surface area contributed by atoms with Crippen molar-refractivity contribution in [2.45, 2.75) is 0 Å². The molecule has 1 aromatic heterocycles. The number of benzene rings is 1. The third-order valence-corrected chi connectivity index (χ3v) is 2.82. The smallest absolute Gasteiger partial charge is 0.184 e.